The maximum atomic E-state index is 12.7. The van der Waals surface area contributed by atoms with Crippen molar-refractivity contribution >= 4 is 17.6 Å². The van der Waals surface area contributed by atoms with E-state index < -0.39 is 29.6 Å². The lowest BCUT2D eigenvalue weighted by atomic mass is 10.0. The molecule has 2 aromatic carbocycles. The Morgan fingerprint density at radius 2 is 1.59 bits per heavy atom. The van der Waals surface area contributed by atoms with Crippen LogP contribution in [-0.2, 0) is 4.74 Å². The van der Waals surface area contributed by atoms with E-state index in [2.05, 4.69) is 10.1 Å². The first-order valence-electron chi connectivity index (χ1n) is 7.94. The third kappa shape index (κ3) is 6.32. The molecule has 27 heavy (non-hydrogen) atoms. The van der Waals surface area contributed by atoms with E-state index in [9.17, 15) is 22.8 Å². The van der Waals surface area contributed by atoms with Gasteiger partial charge in [-0.25, -0.2) is 4.79 Å². The van der Waals surface area contributed by atoms with Crippen molar-refractivity contribution in [1.82, 2.24) is 0 Å². The van der Waals surface area contributed by atoms with E-state index in [1.807, 2.05) is 0 Å². The summed E-state index contributed by atoms with van der Waals surface area (Å²) in [7, 11) is 0. The van der Waals surface area contributed by atoms with Gasteiger partial charge in [0.2, 0.25) is 0 Å². The number of carbonyl (C=O) groups excluding carboxylic acids is 2. The first-order chi connectivity index (χ1) is 12.4. The van der Waals surface area contributed by atoms with Gasteiger partial charge in [0.05, 0.1) is 5.69 Å². The molecule has 8 heteroatoms. The summed E-state index contributed by atoms with van der Waals surface area (Å²) in [5.41, 5.74) is -0.692. The number of hydrogen-bond acceptors (Lipinski definition) is 4. The zero-order chi connectivity index (χ0) is 20.2. The predicted molar refractivity (Wildman–Crippen MR) is 92.9 cm³/mol. The highest BCUT2D eigenvalue weighted by molar-refractivity contribution is 6.13. The second kappa shape index (κ2) is 7.69. The number of alkyl halides is 3. The second-order valence-corrected chi connectivity index (χ2v) is 6.58. The number of nitrogens with one attached hydrogen (secondary N) is 1. The number of carbonyl (C=O) groups is 2. The Kier molecular flexibility index (Phi) is 5.78. The van der Waals surface area contributed by atoms with Gasteiger partial charge in [-0.05, 0) is 39.0 Å². The zero-order valence-electron chi connectivity index (χ0n) is 14.9. The number of halogens is 3. The Morgan fingerprint density at radius 3 is 2.15 bits per heavy atom. The van der Waals surface area contributed by atoms with Crippen LogP contribution in [0.4, 0.5) is 23.7 Å². The average Bonchev–Trinajstić information content (AvgIpc) is 2.53. The molecule has 0 atom stereocenters. The lowest BCUT2D eigenvalue weighted by Crippen LogP contribution is -2.27. The molecule has 2 aromatic rings. The van der Waals surface area contributed by atoms with Gasteiger partial charge < -0.3 is 9.47 Å². The minimum absolute atomic E-state index is 0.00706. The van der Waals surface area contributed by atoms with Crippen molar-refractivity contribution in [3.05, 3.63) is 59.7 Å². The topological polar surface area (TPSA) is 64.6 Å². The van der Waals surface area contributed by atoms with E-state index in [0.717, 1.165) is 18.2 Å². The number of benzene rings is 2. The van der Waals surface area contributed by atoms with Crippen molar-refractivity contribution in [3.8, 4) is 5.75 Å². The Morgan fingerprint density at radius 1 is 0.963 bits per heavy atom. The quantitative estimate of drug-likeness (QED) is 0.743. The highest BCUT2D eigenvalue weighted by Crippen LogP contribution is 2.29. The van der Waals surface area contributed by atoms with Gasteiger partial charge in [-0.3, -0.25) is 10.1 Å². The molecule has 144 valence electrons. The van der Waals surface area contributed by atoms with Gasteiger partial charge in [0, 0.05) is 11.1 Å². The molecule has 0 radical (unpaired) electrons. The molecule has 0 spiro atoms. The number of ether oxygens (including phenoxy) is 2. The van der Waals surface area contributed by atoms with Crippen molar-refractivity contribution in [2.45, 2.75) is 32.7 Å². The van der Waals surface area contributed by atoms with E-state index in [0.29, 0.717) is 0 Å². The monoisotopic (exact) mass is 381 g/mol. The molecule has 0 bridgehead atoms. The lowest BCUT2D eigenvalue weighted by molar-refractivity contribution is -0.274. The molecular weight excluding hydrogens is 363 g/mol. The Balaban J connectivity index is 2.40. The smallest absolute Gasteiger partial charge is 0.444 e. The first-order valence-corrected chi connectivity index (χ1v) is 7.94. The predicted octanol–water partition coefficient (Wildman–Crippen LogP) is 5.16. The number of hydrogen-bond donors (Lipinski definition) is 1. The molecule has 0 aliphatic heterocycles. The van der Waals surface area contributed by atoms with Gasteiger partial charge in [-0.15, -0.1) is 13.2 Å². The maximum Gasteiger partial charge on any atom is 0.573 e. The first kappa shape index (κ1) is 20.3. The van der Waals surface area contributed by atoms with Crippen molar-refractivity contribution in [2.24, 2.45) is 0 Å². The van der Waals surface area contributed by atoms with Crippen molar-refractivity contribution < 1.29 is 32.2 Å². The van der Waals surface area contributed by atoms with Gasteiger partial charge in [0.25, 0.3) is 0 Å². The fourth-order valence-corrected chi connectivity index (χ4v) is 2.18. The van der Waals surface area contributed by atoms with Crippen LogP contribution < -0.4 is 10.1 Å². The number of anilines is 1. The Labute approximate surface area is 154 Å². The van der Waals surface area contributed by atoms with Crippen LogP contribution >= 0.6 is 0 Å². The summed E-state index contributed by atoms with van der Waals surface area (Å²) in [5.74, 6) is -1.15. The average molecular weight is 381 g/mol. The standard InChI is InChI=1S/C19H18F3NO4/c1-18(2,3)27-17(25)23-15-10-9-13(26-19(20,21)22)11-14(15)16(24)12-7-5-4-6-8-12/h4-11H,1-3H3,(H,23,25). The molecule has 0 fully saturated rings. The second-order valence-electron chi connectivity index (χ2n) is 6.58. The summed E-state index contributed by atoms with van der Waals surface area (Å²) >= 11 is 0. The van der Waals surface area contributed by atoms with E-state index in [-0.39, 0.29) is 16.8 Å². The molecule has 0 aliphatic carbocycles. The van der Waals surface area contributed by atoms with Crippen LogP contribution in [-0.4, -0.2) is 23.8 Å². The van der Waals surface area contributed by atoms with E-state index >= 15 is 0 Å². The number of ketones is 1. The van der Waals surface area contributed by atoms with Crippen LogP contribution in [0.1, 0.15) is 36.7 Å². The summed E-state index contributed by atoms with van der Waals surface area (Å²) in [6.45, 7) is 4.97. The summed E-state index contributed by atoms with van der Waals surface area (Å²) in [4.78, 5) is 24.7. The molecule has 0 aliphatic rings. The van der Waals surface area contributed by atoms with Crippen LogP contribution in [0.2, 0.25) is 0 Å². The summed E-state index contributed by atoms with van der Waals surface area (Å²) in [6.07, 6.45) is -5.75. The van der Waals surface area contributed by atoms with Crippen LogP contribution in [0.15, 0.2) is 48.5 Å². The molecule has 0 saturated heterocycles. The van der Waals surface area contributed by atoms with Crippen LogP contribution in [0.25, 0.3) is 0 Å². The minimum Gasteiger partial charge on any atom is -0.444 e. The van der Waals surface area contributed by atoms with Crippen LogP contribution in [0, 0.1) is 0 Å². The highest BCUT2D eigenvalue weighted by Gasteiger charge is 2.32. The molecule has 0 heterocycles. The largest absolute Gasteiger partial charge is 0.573 e. The maximum absolute atomic E-state index is 12.7. The normalized spacial score (nSPS) is 11.6. The van der Waals surface area contributed by atoms with Gasteiger partial charge in [0.1, 0.15) is 11.4 Å². The summed E-state index contributed by atoms with van der Waals surface area (Å²) < 4.78 is 46.5. The van der Waals surface area contributed by atoms with Gasteiger partial charge in [-0.2, -0.15) is 0 Å². The van der Waals surface area contributed by atoms with Crippen molar-refractivity contribution in [2.75, 3.05) is 5.32 Å². The number of rotatable bonds is 4. The highest BCUT2D eigenvalue weighted by atomic mass is 19.4. The third-order valence-electron chi connectivity index (χ3n) is 3.14. The SMILES string of the molecule is CC(C)(C)OC(=O)Nc1ccc(OC(F)(F)F)cc1C(=O)c1ccccc1. The molecule has 1 N–H and O–H groups in total. The van der Waals surface area contributed by atoms with E-state index in [4.69, 9.17) is 4.74 Å². The van der Waals surface area contributed by atoms with Gasteiger partial charge in [-0.1, -0.05) is 30.3 Å². The summed E-state index contributed by atoms with van der Waals surface area (Å²) in [6, 6.07) is 11.0. The van der Waals surface area contributed by atoms with Crippen molar-refractivity contribution in [1.29, 1.82) is 0 Å². The van der Waals surface area contributed by atoms with E-state index in [1.165, 1.54) is 12.1 Å². The molecule has 0 aromatic heterocycles. The third-order valence-corrected chi connectivity index (χ3v) is 3.14. The van der Waals surface area contributed by atoms with Crippen LogP contribution in [0.5, 0.6) is 5.75 Å². The molecule has 0 saturated carbocycles. The Bertz CT molecular complexity index is 827. The van der Waals surface area contributed by atoms with Crippen LogP contribution in [0.3, 0.4) is 0 Å². The molecule has 2 rings (SSSR count). The molecule has 0 unspecified atom stereocenters. The number of amides is 1. The molecular formula is C19H18F3NO4. The van der Waals surface area contributed by atoms with Gasteiger partial charge in [0.15, 0.2) is 5.78 Å². The van der Waals surface area contributed by atoms with E-state index in [1.54, 1.807) is 39.0 Å². The minimum atomic E-state index is -4.91. The summed E-state index contributed by atoms with van der Waals surface area (Å²) in [5, 5.41) is 2.39. The van der Waals surface area contributed by atoms with Gasteiger partial charge >= 0.3 is 12.5 Å². The fraction of sp³-hybridized carbons (Fsp3) is 0.263. The van der Waals surface area contributed by atoms with Crippen molar-refractivity contribution in [3.63, 3.8) is 0 Å². The lowest BCUT2D eigenvalue weighted by Gasteiger charge is -2.20. The zero-order valence-corrected chi connectivity index (χ0v) is 14.9. The molecule has 5 nitrogen and oxygen atoms in total. The Hall–Kier alpha value is -3.03. The molecule has 1 amide bonds. The fourth-order valence-electron chi connectivity index (χ4n) is 2.18.